The summed E-state index contributed by atoms with van der Waals surface area (Å²) in [5.41, 5.74) is 6.93. The topological polar surface area (TPSA) is 74.3 Å². The Hall–Kier alpha value is -2.63. The highest BCUT2D eigenvalue weighted by Gasteiger charge is 2.22. The van der Waals surface area contributed by atoms with Gasteiger partial charge in [0, 0.05) is 29.1 Å². The standard InChI is InChI=1S/C19H21FN2O3/c1-11(2)25-13-7-6-12(16(20)8-13)9-22-10-15(19(21)24)18(23)14-4-3-5-17(14)22/h6-8,10-11H,3-5,9H2,1-2H3,(H2,21,24). The molecule has 0 saturated carbocycles. The van der Waals surface area contributed by atoms with Crippen molar-refractivity contribution in [1.29, 1.82) is 0 Å². The zero-order valence-electron chi connectivity index (χ0n) is 14.3. The normalized spacial score (nSPS) is 13.1. The number of hydrogen-bond acceptors (Lipinski definition) is 3. The lowest BCUT2D eigenvalue weighted by Crippen LogP contribution is -2.27. The third kappa shape index (κ3) is 3.43. The Morgan fingerprint density at radius 2 is 2.12 bits per heavy atom. The number of carbonyl (C=O) groups is 1. The van der Waals surface area contributed by atoms with Crippen molar-refractivity contribution in [3.8, 4) is 5.75 Å². The van der Waals surface area contributed by atoms with Crippen LogP contribution in [-0.4, -0.2) is 16.6 Å². The lowest BCUT2D eigenvalue weighted by atomic mass is 10.1. The Labute approximate surface area is 145 Å². The minimum atomic E-state index is -0.755. The summed E-state index contributed by atoms with van der Waals surface area (Å²) < 4.78 is 21.7. The summed E-state index contributed by atoms with van der Waals surface area (Å²) in [4.78, 5) is 23.9. The van der Waals surface area contributed by atoms with E-state index in [1.165, 1.54) is 12.3 Å². The van der Waals surface area contributed by atoms with E-state index in [0.717, 1.165) is 18.5 Å². The minimum Gasteiger partial charge on any atom is -0.491 e. The van der Waals surface area contributed by atoms with Crippen LogP contribution in [0.5, 0.6) is 5.75 Å². The molecule has 132 valence electrons. The van der Waals surface area contributed by atoms with Crippen LogP contribution in [0.3, 0.4) is 0 Å². The molecule has 1 aromatic heterocycles. The second kappa shape index (κ2) is 6.70. The molecule has 0 saturated heterocycles. The van der Waals surface area contributed by atoms with E-state index in [0.29, 0.717) is 23.3 Å². The van der Waals surface area contributed by atoms with E-state index in [1.807, 2.05) is 13.8 Å². The number of amides is 1. The van der Waals surface area contributed by atoms with Crippen LogP contribution in [0.15, 0.2) is 29.2 Å². The molecule has 5 nitrogen and oxygen atoms in total. The number of aromatic nitrogens is 1. The fraction of sp³-hybridized carbons (Fsp3) is 0.368. The quantitative estimate of drug-likeness (QED) is 0.905. The maximum absolute atomic E-state index is 14.4. The number of nitrogens with zero attached hydrogens (tertiary/aromatic N) is 1. The summed E-state index contributed by atoms with van der Waals surface area (Å²) in [7, 11) is 0. The predicted molar refractivity (Wildman–Crippen MR) is 92.5 cm³/mol. The van der Waals surface area contributed by atoms with Gasteiger partial charge in [-0.1, -0.05) is 6.07 Å². The molecule has 0 bridgehead atoms. The molecule has 1 aliphatic carbocycles. The van der Waals surface area contributed by atoms with Crippen molar-refractivity contribution in [1.82, 2.24) is 4.57 Å². The average Bonchev–Trinajstić information content (AvgIpc) is 3.01. The fourth-order valence-corrected chi connectivity index (χ4v) is 3.25. The van der Waals surface area contributed by atoms with Crippen molar-refractivity contribution in [2.45, 2.75) is 45.8 Å². The van der Waals surface area contributed by atoms with Crippen LogP contribution < -0.4 is 15.9 Å². The van der Waals surface area contributed by atoms with Gasteiger partial charge in [-0.05, 0) is 39.2 Å². The van der Waals surface area contributed by atoms with E-state index in [-0.39, 0.29) is 29.5 Å². The number of benzene rings is 1. The van der Waals surface area contributed by atoms with Crippen LogP contribution in [0, 0.1) is 5.82 Å². The number of ether oxygens (including phenoxy) is 1. The molecule has 2 aromatic rings. The number of rotatable bonds is 5. The van der Waals surface area contributed by atoms with Crippen molar-refractivity contribution >= 4 is 5.91 Å². The smallest absolute Gasteiger partial charge is 0.254 e. The molecule has 6 heteroatoms. The first kappa shape index (κ1) is 17.2. The Morgan fingerprint density at radius 1 is 1.36 bits per heavy atom. The van der Waals surface area contributed by atoms with Crippen LogP contribution in [-0.2, 0) is 19.4 Å². The van der Waals surface area contributed by atoms with Gasteiger partial charge in [-0.15, -0.1) is 0 Å². The lowest BCUT2D eigenvalue weighted by molar-refractivity contribution is 0.0998. The summed E-state index contributed by atoms with van der Waals surface area (Å²) >= 11 is 0. The predicted octanol–water partition coefficient (Wildman–Crippen LogP) is 2.41. The van der Waals surface area contributed by atoms with Crippen molar-refractivity contribution in [2.75, 3.05) is 0 Å². The molecule has 2 N–H and O–H groups in total. The second-order valence-electron chi connectivity index (χ2n) is 6.56. The van der Waals surface area contributed by atoms with Crippen molar-refractivity contribution in [2.24, 2.45) is 5.73 Å². The summed E-state index contributed by atoms with van der Waals surface area (Å²) in [5.74, 6) is -0.668. The van der Waals surface area contributed by atoms with Gasteiger partial charge in [-0.2, -0.15) is 0 Å². The number of fused-ring (bicyclic) bond motifs is 1. The SMILES string of the molecule is CC(C)Oc1ccc(Cn2cc(C(N)=O)c(=O)c3c2CCC3)c(F)c1. The van der Waals surface area contributed by atoms with Gasteiger partial charge >= 0.3 is 0 Å². The summed E-state index contributed by atoms with van der Waals surface area (Å²) in [5, 5.41) is 0. The van der Waals surface area contributed by atoms with Crippen LogP contribution in [0.4, 0.5) is 4.39 Å². The Balaban J connectivity index is 1.99. The molecule has 0 unspecified atom stereocenters. The van der Waals surface area contributed by atoms with Crippen LogP contribution >= 0.6 is 0 Å². The van der Waals surface area contributed by atoms with E-state index >= 15 is 0 Å². The molecule has 3 rings (SSSR count). The van der Waals surface area contributed by atoms with Crippen molar-refractivity contribution < 1.29 is 13.9 Å². The lowest BCUT2D eigenvalue weighted by Gasteiger charge is -2.16. The zero-order valence-corrected chi connectivity index (χ0v) is 14.3. The van der Waals surface area contributed by atoms with Gasteiger partial charge in [0.1, 0.15) is 17.1 Å². The maximum atomic E-state index is 14.4. The molecule has 0 aliphatic heterocycles. The molecule has 0 atom stereocenters. The van der Waals surface area contributed by atoms with E-state index in [1.54, 1.807) is 16.7 Å². The van der Waals surface area contributed by atoms with E-state index in [9.17, 15) is 14.0 Å². The molecular weight excluding hydrogens is 323 g/mol. The van der Waals surface area contributed by atoms with Crippen molar-refractivity contribution in [3.05, 3.63) is 62.8 Å². The van der Waals surface area contributed by atoms with E-state index in [2.05, 4.69) is 0 Å². The second-order valence-corrected chi connectivity index (χ2v) is 6.56. The summed E-state index contributed by atoms with van der Waals surface area (Å²) in [6.45, 7) is 3.98. The first-order valence-electron chi connectivity index (χ1n) is 8.37. The van der Waals surface area contributed by atoms with E-state index < -0.39 is 5.91 Å². The summed E-state index contributed by atoms with van der Waals surface area (Å²) in [6.07, 6.45) is 3.62. The number of carbonyl (C=O) groups excluding carboxylic acids is 1. The van der Waals surface area contributed by atoms with Crippen LogP contribution in [0.2, 0.25) is 0 Å². The molecule has 25 heavy (non-hydrogen) atoms. The highest BCUT2D eigenvalue weighted by Crippen LogP contribution is 2.23. The number of nitrogens with two attached hydrogens (primary N) is 1. The highest BCUT2D eigenvalue weighted by atomic mass is 19.1. The number of hydrogen-bond donors (Lipinski definition) is 1. The van der Waals surface area contributed by atoms with Gasteiger partial charge < -0.3 is 15.0 Å². The van der Waals surface area contributed by atoms with Gasteiger partial charge in [0.25, 0.3) is 5.91 Å². The van der Waals surface area contributed by atoms with E-state index in [4.69, 9.17) is 10.5 Å². The van der Waals surface area contributed by atoms with Gasteiger partial charge in [0.05, 0.1) is 12.6 Å². The number of halogens is 1. The Bertz CT molecular complexity index is 887. The van der Waals surface area contributed by atoms with Gasteiger partial charge in [0.2, 0.25) is 0 Å². The molecule has 1 heterocycles. The third-order valence-corrected chi connectivity index (χ3v) is 4.34. The van der Waals surface area contributed by atoms with Crippen molar-refractivity contribution in [3.63, 3.8) is 0 Å². The molecule has 1 aliphatic rings. The van der Waals surface area contributed by atoms with Crippen LogP contribution in [0.1, 0.15) is 47.4 Å². The minimum absolute atomic E-state index is 0.0365. The molecule has 0 fully saturated rings. The molecule has 0 spiro atoms. The zero-order chi connectivity index (χ0) is 18.1. The molecule has 0 radical (unpaired) electrons. The van der Waals surface area contributed by atoms with Gasteiger partial charge in [-0.25, -0.2) is 4.39 Å². The largest absolute Gasteiger partial charge is 0.491 e. The molecular formula is C19H21FN2O3. The Morgan fingerprint density at radius 3 is 2.76 bits per heavy atom. The van der Waals surface area contributed by atoms with Gasteiger partial charge in [-0.3, -0.25) is 9.59 Å². The average molecular weight is 344 g/mol. The number of primary amides is 1. The monoisotopic (exact) mass is 344 g/mol. The maximum Gasteiger partial charge on any atom is 0.254 e. The summed E-state index contributed by atoms with van der Waals surface area (Å²) in [6, 6.07) is 4.74. The first-order chi connectivity index (χ1) is 11.9. The highest BCUT2D eigenvalue weighted by molar-refractivity contribution is 5.92. The third-order valence-electron chi connectivity index (χ3n) is 4.34. The fourth-order valence-electron chi connectivity index (χ4n) is 3.25. The first-order valence-corrected chi connectivity index (χ1v) is 8.37. The number of pyridine rings is 1. The molecule has 1 aromatic carbocycles. The Kier molecular flexibility index (Phi) is 4.61. The molecule has 1 amide bonds. The van der Waals surface area contributed by atoms with Crippen LogP contribution in [0.25, 0.3) is 0 Å². The van der Waals surface area contributed by atoms with Gasteiger partial charge in [0.15, 0.2) is 5.43 Å².